The first kappa shape index (κ1) is 17.4. The predicted octanol–water partition coefficient (Wildman–Crippen LogP) is 1.60. The van der Waals surface area contributed by atoms with Crippen LogP contribution in [-0.4, -0.2) is 42.0 Å². The third-order valence-corrected chi connectivity index (χ3v) is 3.38. The summed E-state index contributed by atoms with van der Waals surface area (Å²) in [7, 11) is 0. The van der Waals surface area contributed by atoms with Crippen molar-refractivity contribution in [1.29, 1.82) is 0 Å². The Balaban J connectivity index is 4.26. The Labute approximate surface area is 112 Å². The quantitative estimate of drug-likeness (QED) is 0.694. The van der Waals surface area contributed by atoms with Crippen LogP contribution in [0.1, 0.15) is 48.0 Å². The third-order valence-electron chi connectivity index (χ3n) is 3.38. The number of carbonyl (C=O) groups is 1. The lowest BCUT2D eigenvalue weighted by Gasteiger charge is -2.37. The zero-order valence-electron chi connectivity index (χ0n) is 12.9. The van der Waals surface area contributed by atoms with E-state index in [1.54, 1.807) is 0 Å². The van der Waals surface area contributed by atoms with Crippen molar-refractivity contribution in [2.24, 2.45) is 11.7 Å². The lowest BCUT2D eigenvalue weighted by Crippen LogP contribution is -2.53. The van der Waals surface area contributed by atoms with Crippen molar-refractivity contribution in [1.82, 2.24) is 10.2 Å². The highest BCUT2D eigenvalue weighted by molar-refractivity contribution is 5.81. The first-order valence-corrected chi connectivity index (χ1v) is 7.02. The zero-order chi connectivity index (χ0) is 14.3. The van der Waals surface area contributed by atoms with Crippen LogP contribution in [0.4, 0.5) is 0 Å². The largest absolute Gasteiger partial charge is 0.353 e. The average molecular weight is 257 g/mol. The SMILES string of the molecule is CCN(CC)C(C)(C)CNC(=O)[C@@H](N)CC(C)C. The minimum atomic E-state index is -0.391. The smallest absolute Gasteiger partial charge is 0.236 e. The fourth-order valence-corrected chi connectivity index (χ4v) is 2.24. The molecular weight excluding hydrogens is 226 g/mol. The Bertz CT molecular complexity index is 247. The van der Waals surface area contributed by atoms with Crippen LogP contribution in [0.5, 0.6) is 0 Å². The second-order valence-electron chi connectivity index (χ2n) is 5.94. The average Bonchev–Trinajstić information content (AvgIpc) is 2.26. The molecular formula is C14H31N3O. The highest BCUT2D eigenvalue weighted by atomic mass is 16.2. The van der Waals surface area contributed by atoms with Gasteiger partial charge in [0.15, 0.2) is 0 Å². The number of nitrogens with zero attached hydrogens (tertiary/aromatic N) is 1. The molecule has 0 radical (unpaired) electrons. The van der Waals surface area contributed by atoms with Gasteiger partial charge in [0.25, 0.3) is 0 Å². The second-order valence-corrected chi connectivity index (χ2v) is 5.94. The summed E-state index contributed by atoms with van der Waals surface area (Å²) in [4.78, 5) is 14.2. The Hall–Kier alpha value is -0.610. The monoisotopic (exact) mass is 257 g/mol. The van der Waals surface area contributed by atoms with Crippen LogP contribution in [0.25, 0.3) is 0 Å². The van der Waals surface area contributed by atoms with Crippen LogP contribution in [0.15, 0.2) is 0 Å². The van der Waals surface area contributed by atoms with E-state index in [1.165, 1.54) is 0 Å². The molecule has 3 N–H and O–H groups in total. The number of rotatable bonds is 8. The molecule has 0 saturated carbocycles. The van der Waals surface area contributed by atoms with E-state index in [4.69, 9.17) is 5.73 Å². The standard InChI is InChI=1S/C14H31N3O/c1-7-17(8-2)14(5,6)10-16-13(18)12(15)9-11(3)4/h11-12H,7-10,15H2,1-6H3,(H,16,18)/t12-/m0/s1. The van der Waals surface area contributed by atoms with Gasteiger partial charge in [0.2, 0.25) is 5.91 Å². The fourth-order valence-electron chi connectivity index (χ4n) is 2.24. The van der Waals surface area contributed by atoms with E-state index in [1.807, 2.05) is 0 Å². The highest BCUT2D eigenvalue weighted by Crippen LogP contribution is 2.12. The summed E-state index contributed by atoms with van der Waals surface area (Å²) in [5.41, 5.74) is 5.83. The van der Waals surface area contributed by atoms with Gasteiger partial charge in [0.1, 0.15) is 0 Å². The predicted molar refractivity (Wildman–Crippen MR) is 77.4 cm³/mol. The number of carbonyl (C=O) groups excluding carboxylic acids is 1. The van der Waals surface area contributed by atoms with E-state index in [0.29, 0.717) is 12.5 Å². The van der Waals surface area contributed by atoms with E-state index in [9.17, 15) is 4.79 Å². The summed E-state index contributed by atoms with van der Waals surface area (Å²) in [6.45, 7) is 15.3. The van der Waals surface area contributed by atoms with Crippen LogP contribution in [0.2, 0.25) is 0 Å². The van der Waals surface area contributed by atoms with Crippen LogP contribution < -0.4 is 11.1 Å². The molecule has 0 aromatic rings. The fraction of sp³-hybridized carbons (Fsp3) is 0.929. The molecule has 0 aliphatic carbocycles. The molecule has 0 rings (SSSR count). The van der Waals surface area contributed by atoms with Crippen molar-refractivity contribution in [3.8, 4) is 0 Å². The molecule has 0 aromatic carbocycles. The first-order valence-electron chi connectivity index (χ1n) is 7.02. The van der Waals surface area contributed by atoms with Crippen LogP contribution >= 0.6 is 0 Å². The van der Waals surface area contributed by atoms with Crippen molar-refractivity contribution in [2.45, 2.75) is 59.5 Å². The molecule has 0 heterocycles. The van der Waals surface area contributed by atoms with Gasteiger partial charge in [-0.05, 0) is 39.3 Å². The van der Waals surface area contributed by atoms with Crippen molar-refractivity contribution in [2.75, 3.05) is 19.6 Å². The summed E-state index contributed by atoms with van der Waals surface area (Å²) in [5.74, 6) is 0.408. The number of nitrogens with two attached hydrogens (primary N) is 1. The number of likely N-dealkylation sites (N-methyl/N-ethyl adjacent to an activating group) is 1. The molecule has 4 heteroatoms. The minimum absolute atomic E-state index is 0.0310. The molecule has 4 nitrogen and oxygen atoms in total. The van der Waals surface area contributed by atoms with Gasteiger partial charge in [0, 0.05) is 12.1 Å². The molecule has 1 atom stereocenters. The summed E-state index contributed by atoms with van der Waals surface area (Å²) >= 11 is 0. The van der Waals surface area contributed by atoms with E-state index in [2.05, 4.69) is 51.8 Å². The number of nitrogens with one attached hydrogen (secondary N) is 1. The van der Waals surface area contributed by atoms with Crippen LogP contribution in [0.3, 0.4) is 0 Å². The van der Waals surface area contributed by atoms with Gasteiger partial charge in [-0.25, -0.2) is 0 Å². The molecule has 1 amide bonds. The van der Waals surface area contributed by atoms with Crippen molar-refractivity contribution >= 4 is 5.91 Å². The topological polar surface area (TPSA) is 58.4 Å². The molecule has 0 saturated heterocycles. The van der Waals surface area contributed by atoms with E-state index in [0.717, 1.165) is 19.5 Å². The number of hydrogen-bond acceptors (Lipinski definition) is 3. The van der Waals surface area contributed by atoms with Gasteiger partial charge in [-0.2, -0.15) is 0 Å². The maximum atomic E-state index is 11.9. The maximum Gasteiger partial charge on any atom is 0.236 e. The first-order chi connectivity index (χ1) is 8.24. The Morgan fingerprint density at radius 3 is 2.17 bits per heavy atom. The van der Waals surface area contributed by atoms with Gasteiger partial charge >= 0.3 is 0 Å². The van der Waals surface area contributed by atoms with Gasteiger partial charge in [0.05, 0.1) is 6.04 Å². The zero-order valence-corrected chi connectivity index (χ0v) is 12.9. The summed E-state index contributed by atoms with van der Waals surface area (Å²) in [5, 5.41) is 2.97. The molecule has 0 aliphatic heterocycles. The molecule has 18 heavy (non-hydrogen) atoms. The Kier molecular flexibility index (Phi) is 7.48. The molecule has 0 bridgehead atoms. The molecule has 0 spiro atoms. The molecule has 0 fully saturated rings. The van der Waals surface area contributed by atoms with E-state index < -0.39 is 6.04 Å². The second kappa shape index (κ2) is 7.74. The van der Waals surface area contributed by atoms with Crippen molar-refractivity contribution < 1.29 is 4.79 Å². The number of hydrogen-bond donors (Lipinski definition) is 2. The van der Waals surface area contributed by atoms with Gasteiger partial charge in [-0.15, -0.1) is 0 Å². The van der Waals surface area contributed by atoms with Gasteiger partial charge in [-0.3, -0.25) is 9.69 Å². The Morgan fingerprint density at radius 1 is 1.28 bits per heavy atom. The lowest BCUT2D eigenvalue weighted by atomic mass is 10.0. The molecule has 0 unspecified atom stereocenters. The van der Waals surface area contributed by atoms with Crippen LogP contribution in [-0.2, 0) is 4.79 Å². The van der Waals surface area contributed by atoms with Crippen molar-refractivity contribution in [3.63, 3.8) is 0 Å². The van der Waals surface area contributed by atoms with Gasteiger partial charge in [-0.1, -0.05) is 27.7 Å². The normalized spacial score (nSPS) is 14.1. The summed E-state index contributed by atoms with van der Waals surface area (Å²) in [6, 6.07) is -0.391. The lowest BCUT2D eigenvalue weighted by molar-refractivity contribution is -0.123. The van der Waals surface area contributed by atoms with Gasteiger partial charge < -0.3 is 11.1 Å². The highest BCUT2D eigenvalue weighted by Gasteiger charge is 2.25. The molecule has 0 aliphatic rings. The summed E-state index contributed by atoms with van der Waals surface area (Å²) in [6.07, 6.45) is 0.734. The number of amides is 1. The third kappa shape index (κ3) is 5.83. The maximum absolute atomic E-state index is 11.9. The Morgan fingerprint density at radius 2 is 1.78 bits per heavy atom. The summed E-state index contributed by atoms with van der Waals surface area (Å²) < 4.78 is 0. The molecule has 108 valence electrons. The van der Waals surface area contributed by atoms with Crippen LogP contribution in [0, 0.1) is 5.92 Å². The minimum Gasteiger partial charge on any atom is -0.353 e. The van der Waals surface area contributed by atoms with E-state index >= 15 is 0 Å². The van der Waals surface area contributed by atoms with E-state index in [-0.39, 0.29) is 11.4 Å². The van der Waals surface area contributed by atoms with Crippen molar-refractivity contribution in [3.05, 3.63) is 0 Å². The molecule has 0 aromatic heterocycles.